The molecular formula is C11H20O2. The first-order chi connectivity index (χ1) is 5.82. The second-order valence-electron chi connectivity index (χ2n) is 5.37. The molecule has 2 nitrogen and oxygen atoms in total. The maximum atomic E-state index is 11.5. The lowest BCUT2D eigenvalue weighted by atomic mass is 9.78. The van der Waals surface area contributed by atoms with E-state index >= 15 is 0 Å². The summed E-state index contributed by atoms with van der Waals surface area (Å²) in [5.41, 5.74) is 0.0424. The Hall–Kier alpha value is -0.530. The van der Waals surface area contributed by atoms with E-state index < -0.39 is 0 Å². The number of ether oxygens (including phenoxy) is 1. The summed E-state index contributed by atoms with van der Waals surface area (Å²) in [6, 6.07) is 0. The van der Waals surface area contributed by atoms with Gasteiger partial charge in [0.25, 0.3) is 0 Å². The molecule has 0 amide bonds. The van der Waals surface area contributed by atoms with E-state index in [0.29, 0.717) is 5.92 Å². The molecule has 76 valence electrons. The van der Waals surface area contributed by atoms with Crippen LogP contribution in [-0.4, -0.2) is 12.1 Å². The quantitative estimate of drug-likeness (QED) is 0.585. The van der Waals surface area contributed by atoms with Crippen molar-refractivity contribution in [3.05, 3.63) is 0 Å². The summed E-state index contributed by atoms with van der Waals surface area (Å²) in [5.74, 6) is 0.516. The van der Waals surface area contributed by atoms with Crippen LogP contribution in [0.4, 0.5) is 0 Å². The first kappa shape index (κ1) is 10.6. The van der Waals surface area contributed by atoms with Crippen molar-refractivity contribution in [2.75, 3.05) is 0 Å². The van der Waals surface area contributed by atoms with Gasteiger partial charge < -0.3 is 4.74 Å². The molecule has 0 aliphatic carbocycles. The third kappa shape index (κ3) is 2.23. The standard InChI is InChI=1S/C11H20O2/c1-7(2)9-6-8(10(12)13-9)11(3,4)5/h7-9H,6H2,1-5H3/t8?,9-/m0/s1. The van der Waals surface area contributed by atoms with Crippen molar-refractivity contribution >= 4 is 5.97 Å². The van der Waals surface area contributed by atoms with Crippen molar-refractivity contribution in [3.63, 3.8) is 0 Å². The molecule has 1 rings (SSSR count). The van der Waals surface area contributed by atoms with E-state index in [1.165, 1.54) is 0 Å². The van der Waals surface area contributed by atoms with Crippen LogP contribution < -0.4 is 0 Å². The summed E-state index contributed by atoms with van der Waals surface area (Å²) in [6.07, 6.45) is 1.02. The van der Waals surface area contributed by atoms with Gasteiger partial charge in [-0.2, -0.15) is 0 Å². The molecule has 1 aliphatic heterocycles. The van der Waals surface area contributed by atoms with E-state index in [1.54, 1.807) is 0 Å². The molecule has 13 heavy (non-hydrogen) atoms. The van der Waals surface area contributed by atoms with Crippen molar-refractivity contribution in [2.45, 2.75) is 47.1 Å². The summed E-state index contributed by atoms with van der Waals surface area (Å²) in [7, 11) is 0. The van der Waals surface area contributed by atoms with Gasteiger partial charge >= 0.3 is 5.97 Å². The molecule has 1 fully saturated rings. The van der Waals surface area contributed by atoms with E-state index in [0.717, 1.165) is 6.42 Å². The highest BCUT2D eigenvalue weighted by molar-refractivity contribution is 5.75. The van der Waals surface area contributed by atoms with Gasteiger partial charge in [-0.3, -0.25) is 4.79 Å². The highest BCUT2D eigenvalue weighted by atomic mass is 16.6. The van der Waals surface area contributed by atoms with Crippen molar-refractivity contribution in [2.24, 2.45) is 17.3 Å². The Labute approximate surface area is 80.7 Å². The molecule has 0 bridgehead atoms. The van der Waals surface area contributed by atoms with E-state index in [-0.39, 0.29) is 23.4 Å². The molecule has 0 spiro atoms. The molecule has 1 unspecified atom stereocenters. The smallest absolute Gasteiger partial charge is 0.309 e. The molecule has 0 aromatic heterocycles. The second kappa shape index (κ2) is 3.32. The number of esters is 1. The van der Waals surface area contributed by atoms with Gasteiger partial charge in [-0.25, -0.2) is 0 Å². The first-order valence-electron chi connectivity index (χ1n) is 5.03. The zero-order valence-corrected chi connectivity index (χ0v) is 9.26. The Bertz CT molecular complexity index is 201. The number of hydrogen-bond acceptors (Lipinski definition) is 2. The van der Waals surface area contributed by atoms with E-state index in [2.05, 4.69) is 34.6 Å². The van der Waals surface area contributed by atoms with Gasteiger partial charge in [0.05, 0.1) is 5.92 Å². The minimum atomic E-state index is -0.00815. The maximum absolute atomic E-state index is 11.5. The van der Waals surface area contributed by atoms with Crippen LogP contribution in [-0.2, 0) is 9.53 Å². The van der Waals surface area contributed by atoms with Gasteiger partial charge in [0.1, 0.15) is 6.10 Å². The van der Waals surface area contributed by atoms with Crippen LogP contribution in [0, 0.1) is 17.3 Å². The Morgan fingerprint density at radius 2 is 1.92 bits per heavy atom. The van der Waals surface area contributed by atoms with Gasteiger partial charge in [0.2, 0.25) is 0 Å². The van der Waals surface area contributed by atoms with Crippen molar-refractivity contribution in [3.8, 4) is 0 Å². The molecule has 0 N–H and O–H groups in total. The fourth-order valence-corrected chi connectivity index (χ4v) is 1.72. The monoisotopic (exact) mass is 184 g/mol. The Balaban J connectivity index is 2.67. The topological polar surface area (TPSA) is 26.3 Å². The predicted octanol–water partition coefficient (Wildman–Crippen LogP) is 2.62. The fraction of sp³-hybridized carbons (Fsp3) is 0.909. The van der Waals surface area contributed by atoms with E-state index in [4.69, 9.17) is 4.74 Å². The molecule has 2 atom stereocenters. The van der Waals surface area contributed by atoms with Crippen LogP contribution in [0.5, 0.6) is 0 Å². The zero-order chi connectivity index (χ0) is 10.2. The highest BCUT2D eigenvalue weighted by Gasteiger charge is 2.42. The second-order valence-corrected chi connectivity index (χ2v) is 5.37. The van der Waals surface area contributed by atoms with Crippen LogP contribution in [0.3, 0.4) is 0 Å². The molecule has 1 heterocycles. The molecular weight excluding hydrogens is 164 g/mol. The van der Waals surface area contributed by atoms with Crippen LogP contribution in [0.1, 0.15) is 41.0 Å². The number of rotatable bonds is 1. The van der Waals surface area contributed by atoms with Crippen LogP contribution in [0.2, 0.25) is 0 Å². The average Bonchev–Trinajstić information content (AvgIpc) is 2.29. The third-order valence-corrected chi connectivity index (χ3v) is 2.81. The highest BCUT2D eigenvalue weighted by Crippen LogP contribution is 2.38. The summed E-state index contributed by atoms with van der Waals surface area (Å²) in [6.45, 7) is 10.5. The molecule has 0 saturated carbocycles. The van der Waals surface area contributed by atoms with Crippen molar-refractivity contribution in [1.29, 1.82) is 0 Å². The molecule has 2 heteroatoms. The first-order valence-corrected chi connectivity index (χ1v) is 5.03. The van der Waals surface area contributed by atoms with Crippen LogP contribution >= 0.6 is 0 Å². The number of carbonyl (C=O) groups is 1. The molecule has 0 aromatic rings. The molecule has 0 aromatic carbocycles. The third-order valence-electron chi connectivity index (χ3n) is 2.81. The Morgan fingerprint density at radius 1 is 1.38 bits per heavy atom. The molecule has 1 saturated heterocycles. The van der Waals surface area contributed by atoms with Crippen LogP contribution in [0.15, 0.2) is 0 Å². The lowest BCUT2D eigenvalue weighted by molar-refractivity contribution is -0.147. The fourth-order valence-electron chi connectivity index (χ4n) is 1.72. The van der Waals surface area contributed by atoms with Crippen molar-refractivity contribution < 1.29 is 9.53 Å². The minimum absolute atomic E-state index is 0.00815. The summed E-state index contributed by atoms with van der Waals surface area (Å²) in [4.78, 5) is 11.5. The average molecular weight is 184 g/mol. The Kier molecular flexibility index (Phi) is 2.69. The lowest BCUT2D eigenvalue weighted by Gasteiger charge is -2.23. The van der Waals surface area contributed by atoms with E-state index in [9.17, 15) is 4.79 Å². The van der Waals surface area contributed by atoms with Crippen molar-refractivity contribution in [1.82, 2.24) is 0 Å². The largest absolute Gasteiger partial charge is 0.462 e. The normalized spacial score (nSPS) is 29.5. The molecule has 1 aliphatic rings. The number of hydrogen-bond donors (Lipinski definition) is 0. The summed E-state index contributed by atoms with van der Waals surface area (Å²) >= 11 is 0. The zero-order valence-electron chi connectivity index (χ0n) is 9.26. The van der Waals surface area contributed by atoms with Gasteiger partial charge in [0.15, 0.2) is 0 Å². The van der Waals surface area contributed by atoms with Crippen LogP contribution in [0.25, 0.3) is 0 Å². The van der Waals surface area contributed by atoms with Gasteiger partial charge in [0, 0.05) is 0 Å². The van der Waals surface area contributed by atoms with E-state index in [1.807, 2.05) is 0 Å². The molecule has 0 radical (unpaired) electrons. The number of carbonyl (C=O) groups excluding carboxylic acids is 1. The minimum Gasteiger partial charge on any atom is -0.462 e. The maximum Gasteiger partial charge on any atom is 0.309 e. The SMILES string of the molecule is CC(C)[C@@H]1CC(C(C)(C)C)C(=O)O1. The summed E-state index contributed by atoms with van der Waals surface area (Å²) < 4.78 is 5.32. The van der Waals surface area contributed by atoms with Gasteiger partial charge in [-0.1, -0.05) is 34.6 Å². The lowest BCUT2D eigenvalue weighted by Crippen LogP contribution is -2.24. The predicted molar refractivity (Wildman–Crippen MR) is 52.3 cm³/mol. The summed E-state index contributed by atoms with van der Waals surface area (Å²) in [5, 5.41) is 0. The van der Waals surface area contributed by atoms with Gasteiger partial charge in [-0.05, 0) is 17.8 Å². The van der Waals surface area contributed by atoms with Gasteiger partial charge in [-0.15, -0.1) is 0 Å². The Morgan fingerprint density at radius 3 is 2.15 bits per heavy atom. The number of cyclic esters (lactones) is 1.